The van der Waals surface area contributed by atoms with Crippen LogP contribution in [-0.2, 0) is 10.0 Å². The summed E-state index contributed by atoms with van der Waals surface area (Å²) in [6.07, 6.45) is 5.79. The maximum absolute atomic E-state index is 11.8. The van der Waals surface area contributed by atoms with Crippen LogP contribution in [-0.4, -0.2) is 81.2 Å². The van der Waals surface area contributed by atoms with Crippen LogP contribution in [0.15, 0.2) is 4.99 Å². The number of nitrogens with one attached hydrogen (secondary N) is 2. The number of aliphatic imine (C=N–C) groups is 1. The van der Waals surface area contributed by atoms with Crippen molar-refractivity contribution in [2.75, 3.05) is 51.6 Å². The summed E-state index contributed by atoms with van der Waals surface area (Å²) >= 11 is 0. The molecule has 0 amide bonds. The smallest absolute Gasteiger partial charge is 0.214 e. The van der Waals surface area contributed by atoms with E-state index in [1.165, 1.54) is 25.8 Å². The Kier molecular flexibility index (Phi) is 11.4. The predicted octanol–water partition coefficient (Wildman–Crippen LogP) is 1.46. The van der Waals surface area contributed by atoms with Gasteiger partial charge in [0.2, 0.25) is 10.0 Å². The van der Waals surface area contributed by atoms with Crippen LogP contribution in [0.3, 0.4) is 0 Å². The zero-order chi connectivity index (χ0) is 18.1. The van der Waals surface area contributed by atoms with Gasteiger partial charge in [-0.25, -0.2) is 12.7 Å². The molecule has 0 aromatic rings. The van der Waals surface area contributed by atoms with E-state index >= 15 is 0 Å². The van der Waals surface area contributed by atoms with Crippen molar-refractivity contribution in [1.29, 1.82) is 0 Å². The van der Waals surface area contributed by atoms with E-state index in [0.29, 0.717) is 25.7 Å². The molecule has 0 aromatic heterocycles. The highest BCUT2D eigenvalue weighted by molar-refractivity contribution is 14.0. The first kappa shape index (κ1) is 23.9. The lowest BCUT2D eigenvalue weighted by molar-refractivity contribution is 0.160. The second-order valence-corrected chi connectivity index (χ2v) is 9.08. The Bertz CT molecular complexity index is 529. The largest absolute Gasteiger partial charge is 0.357 e. The van der Waals surface area contributed by atoms with Gasteiger partial charge in [-0.3, -0.25) is 4.99 Å². The highest BCUT2D eigenvalue weighted by Gasteiger charge is 2.27. The predicted molar refractivity (Wildman–Crippen MR) is 119 cm³/mol. The number of rotatable bonds is 8. The number of hydrogen-bond donors (Lipinski definition) is 2. The van der Waals surface area contributed by atoms with Gasteiger partial charge in [0.25, 0.3) is 0 Å². The second-order valence-electron chi connectivity index (χ2n) is 6.99. The van der Waals surface area contributed by atoms with E-state index in [1.54, 1.807) is 4.31 Å². The van der Waals surface area contributed by atoms with Gasteiger partial charge in [-0.2, -0.15) is 0 Å². The molecule has 154 valence electrons. The van der Waals surface area contributed by atoms with Crippen LogP contribution in [0, 0.1) is 0 Å². The molecule has 2 N–H and O–H groups in total. The topological polar surface area (TPSA) is 77.0 Å². The molecule has 7 nitrogen and oxygen atoms in total. The molecule has 1 unspecified atom stereocenters. The van der Waals surface area contributed by atoms with Gasteiger partial charge >= 0.3 is 0 Å². The molecule has 2 rings (SSSR count). The Morgan fingerprint density at radius 3 is 2.62 bits per heavy atom. The maximum Gasteiger partial charge on any atom is 0.214 e. The van der Waals surface area contributed by atoms with Crippen LogP contribution in [0.25, 0.3) is 0 Å². The molecule has 1 atom stereocenters. The highest BCUT2D eigenvalue weighted by atomic mass is 127. The van der Waals surface area contributed by atoms with Crippen molar-refractivity contribution in [3.63, 3.8) is 0 Å². The quantitative estimate of drug-likeness (QED) is 0.228. The maximum atomic E-state index is 11.8. The van der Waals surface area contributed by atoms with Crippen LogP contribution < -0.4 is 10.6 Å². The molecule has 0 aliphatic carbocycles. The number of halogens is 1. The highest BCUT2D eigenvalue weighted by Crippen LogP contribution is 2.16. The Morgan fingerprint density at radius 2 is 1.96 bits per heavy atom. The fraction of sp³-hybridized carbons (Fsp3) is 0.941. The van der Waals surface area contributed by atoms with E-state index in [0.717, 1.165) is 38.4 Å². The molecular weight excluding hydrogens is 465 g/mol. The zero-order valence-electron chi connectivity index (χ0n) is 16.2. The standard InChI is InChI=1S/C17H35N5O2S.HI/c1-3-18-17(20-10-14-22-13-7-15-25(22,23)24)19-9-6-12-21-11-5-4-8-16(21)2;/h16H,3-15H2,1-2H3,(H2,18,19,20);1H. The van der Waals surface area contributed by atoms with Gasteiger partial charge in [-0.15, -0.1) is 24.0 Å². The molecule has 26 heavy (non-hydrogen) atoms. The minimum atomic E-state index is -3.01. The lowest BCUT2D eigenvalue weighted by Crippen LogP contribution is -2.42. The van der Waals surface area contributed by atoms with Crippen molar-refractivity contribution in [3.05, 3.63) is 0 Å². The van der Waals surface area contributed by atoms with Crippen LogP contribution in [0.1, 0.15) is 46.0 Å². The number of sulfonamides is 1. The molecule has 0 radical (unpaired) electrons. The first-order valence-electron chi connectivity index (χ1n) is 9.77. The molecule has 0 bridgehead atoms. The van der Waals surface area contributed by atoms with Crippen molar-refractivity contribution in [3.8, 4) is 0 Å². The second kappa shape index (κ2) is 12.4. The molecule has 2 saturated heterocycles. The number of likely N-dealkylation sites (tertiary alicyclic amines) is 1. The van der Waals surface area contributed by atoms with Gasteiger partial charge in [0.1, 0.15) is 0 Å². The van der Waals surface area contributed by atoms with Crippen molar-refractivity contribution in [1.82, 2.24) is 19.8 Å². The third kappa shape index (κ3) is 7.85. The van der Waals surface area contributed by atoms with E-state index in [4.69, 9.17) is 0 Å². The van der Waals surface area contributed by atoms with E-state index in [1.807, 2.05) is 6.92 Å². The number of piperidine rings is 1. The average Bonchev–Trinajstić information content (AvgIpc) is 2.91. The zero-order valence-corrected chi connectivity index (χ0v) is 19.4. The number of guanidine groups is 1. The van der Waals surface area contributed by atoms with Gasteiger partial charge < -0.3 is 15.5 Å². The summed E-state index contributed by atoms with van der Waals surface area (Å²) in [5.41, 5.74) is 0. The molecule has 2 fully saturated rings. The van der Waals surface area contributed by atoms with E-state index in [-0.39, 0.29) is 29.7 Å². The van der Waals surface area contributed by atoms with E-state index < -0.39 is 10.0 Å². The molecule has 2 aliphatic rings. The van der Waals surface area contributed by atoms with E-state index in [2.05, 4.69) is 27.4 Å². The fourth-order valence-electron chi connectivity index (χ4n) is 3.54. The summed E-state index contributed by atoms with van der Waals surface area (Å²) < 4.78 is 25.2. The molecule has 0 aromatic carbocycles. The van der Waals surface area contributed by atoms with Crippen LogP contribution in [0.4, 0.5) is 0 Å². The average molecular weight is 501 g/mol. The monoisotopic (exact) mass is 501 g/mol. The Balaban J connectivity index is 0.00000338. The summed E-state index contributed by atoms with van der Waals surface area (Å²) in [5, 5.41) is 6.48. The van der Waals surface area contributed by atoms with Gasteiger partial charge in [0.05, 0.1) is 5.75 Å². The van der Waals surface area contributed by atoms with Crippen LogP contribution in [0.5, 0.6) is 0 Å². The first-order chi connectivity index (χ1) is 12.0. The van der Waals surface area contributed by atoms with Gasteiger partial charge in [-0.05, 0) is 46.1 Å². The molecule has 2 heterocycles. The van der Waals surface area contributed by atoms with Gasteiger partial charge in [0, 0.05) is 45.3 Å². The SMILES string of the molecule is CCNC(=NCCCN1CCCCC1C)NCCN1CCCS1(=O)=O.I. The van der Waals surface area contributed by atoms with Crippen molar-refractivity contribution in [2.45, 2.75) is 52.0 Å². The van der Waals surface area contributed by atoms with Crippen molar-refractivity contribution < 1.29 is 8.42 Å². The molecule has 9 heteroatoms. The van der Waals surface area contributed by atoms with Gasteiger partial charge in [0.15, 0.2) is 5.96 Å². The van der Waals surface area contributed by atoms with Gasteiger partial charge in [-0.1, -0.05) is 6.42 Å². The molecule has 0 saturated carbocycles. The van der Waals surface area contributed by atoms with Crippen molar-refractivity contribution >= 4 is 40.0 Å². The number of nitrogens with zero attached hydrogens (tertiary/aromatic N) is 3. The third-order valence-corrected chi connectivity index (χ3v) is 6.97. The number of hydrogen-bond acceptors (Lipinski definition) is 4. The Labute approximate surface area is 176 Å². The fourth-order valence-corrected chi connectivity index (χ4v) is 5.07. The Morgan fingerprint density at radius 1 is 1.15 bits per heavy atom. The van der Waals surface area contributed by atoms with E-state index in [9.17, 15) is 8.42 Å². The summed E-state index contributed by atoms with van der Waals surface area (Å²) in [7, 11) is -3.01. The summed E-state index contributed by atoms with van der Waals surface area (Å²) in [5.74, 6) is 1.07. The van der Waals surface area contributed by atoms with Crippen LogP contribution >= 0.6 is 24.0 Å². The molecule has 2 aliphatic heterocycles. The summed E-state index contributed by atoms with van der Waals surface area (Å²) in [4.78, 5) is 7.19. The lowest BCUT2D eigenvalue weighted by Gasteiger charge is -2.33. The van der Waals surface area contributed by atoms with Crippen LogP contribution in [0.2, 0.25) is 0 Å². The third-order valence-electron chi connectivity index (χ3n) is 5.02. The van der Waals surface area contributed by atoms with Crippen molar-refractivity contribution in [2.24, 2.45) is 4.99 Å². The summed E-state index contributed by atoms with van der Waals surface area (Å²) in [6.45, 7) is 10.0. The molecular formula is C17H36IN5O2S. The summed E-state index contributed by atoms with van der Waals surface area (Å²) in [6, 6.07) is 0.700. The minimum absolute atomic E-state index is 0. The minimum Gasteiger partial charge on any atom is -0.357 e. The molecule has 0 spiro atoms. The normalized spacial score (nSPS) is 24.2. The lowest BCUT2D eigenvalue weighted by atomic mass is 10.0. The first-order valence-corrected chi connectivity index (χ1v) is 11.4. The Hall–Kier alpha value is -0.130.